The van der Waals surface area contributed by atoms with Crippen molar-refractivity contribution in [2.24, 2.45) is 0 Å². The van der Waals surface area contributed by atoms with E-state index in [1.54, 1.807) is 6.92 Å². The summed E-state index contributed by atoms with van der Waals surface area (Å²) in [5.41, 5.74) is 0.0433. The van der Waals surface area contributed by atoms with E-state index in [0.717, 1.165) is 25.1 Å². The molecule has 1 aliphatic rings. The molecule has 112 valence electrons. The first kappa shape index (κ1) is 15.2. The fourth-order valence-corrected chi connectivity index (χ4v) is 2.25. The highest BCUT2D eigenvalue weighted by Gasteiger charge is 2.36. The Kier molecular flexibility index (Phi) is 4.91. The first-order chi connectivity index (χ1) is 9.51. The third kappa shape index (κ3) is 3.88. The molecular weight excluding hydrogens is 256 g/mol. The molecule has 6 nitrogen and oxygen atoms in total. The van der Waals surface area contributed by atoms with Gasteiger partial charge in [-0.2, -0.15) is 0 Å². The van der Waals surface area contributed by atoms with Gasteiger partial charge in [-0.3, -0.25) is 4.90 Å². The smallest absolute Gasteiger partial charge is 0.222 e. The summed E-state index contributed by atoms with van der Waals surface area (Å²) in [6, 6.07) is 0. The monoisotopic (exact) mass is 280 g/mol. The van der Waals surface area contributed by atoms with Gasteiger partial charge in [0.25, 0.3) is 0 Å². The van der Waals surface area contributed by atoms with Gasteiger partial charge in [0.05, 0.1) is 11.7 Å². The second kappa shape index (κ2) is 6.47. The Labute approximate surface area is 119 Å². The highest BCUT2D eigenvalue weighted by molar-refractivity contribution is 5.24. The Morgan fingerprint density at radius 3 is 2.75 bits per heavy atom. The number of nitrogens with one attached hydrogen (secondary N) is 1. The van der Waals surface area contributed by atoms with E-state index in [2.05, 4.69) is 27.1 Å². The van der Waals surface area contributed by atoms with Crippen LogP contribution in [0.5, 0.6) is 0 Å². The normalized spacial score (nSPS) is 27.5. The molecule has 0 aromatic carbocycles. The van der Waals surface area contributed by atoms with Gasteiger partial charge in [-0.05, 0) is 19.8 Å². The maximum absolute atomic E-state index is 9.94. The average Bonchev–Trinajstić information content (AvgIpc) is 2.43. The number of rotatable bonds is 5. The topological polar surface area (TPSA) is 81.5 Å². The average molecular weight is 280 g/mol. The van der Waals surface area contributed by atoms with Crippen LogP contribution >= 0.6 is 0 Å². The Morgan fingerprint density at radius 1 is 1.45 bits per heavy atom. The predicted molar refractivity (Wildman–Crippen MR) is 77.3 cm³/mol. The Balaban J connectivity index is 1.87. The maximum Gasteiger partial charge on any atom is 0.222 e. The number of aliphatic hydroxyl groups excluding tert-OH is 1. The molecule has 1 fully saturated rings. The SMILES string of the molecule is CCCNc1ncc(CN2CC[C@](C)(O)[C@@H](O)C2)cn1. The molecule has 2 rings (SSSR count). The van der Waals surface area contributed by atoms with Crippen LogP contribution in [-0.2, 0) is 6.54 Å². The zero-order valence-electron chi connectivity index (χ0n) is 12.2. The van der Waals surface area contributed by atoms with E-state index < -0.39 is 11.7 Å². The number of β-amino-alcohol motifs (C(OH)–C–C–N with tert-alkyl or cyclic N) is 1. The highest BCUT2D eigenvalue weighted by Crippen LogP contribution is 2.22. The van der Waals surface area contributed by atoms with E-state index in [-0.39, 0.29) is 0 Å². The van der Waals surface area contributed by atoms with E-state index >= 15 is 0 Å². The lowest BCUT2D eigenvalue weighted by molar-refractivity contribution is -0.108. The van der Waals surface area contributed by atoms with E-state index in [9.17, 15) is 10.2 Å². The lowest BCUT2D eigenvalue weighted by Crippen LogP contribution is -2.53. The van der Waals surface area contributed by atoms with E-state index in [4.69, 9.17) is 0 Å². The molecule has 2 atom stereocenters. The molecular formula is C14H24N4O2. The fraction of sp³-hybridized carbons (Fsp3) is 0.714. The molecule has 1 saturated heterocycles. The van der Waals surface area contributed by atoms with Gasteiger partial charge >= 0.3 is 0 Å². The molecule has 20 heavy (non-hydrogen) atoms. The quantitative estimate of drug-likeness (QED) is 0.733. The molecule has 3 N–H and O–H groups in total. The number of aliphatic hydroxyl groups is 2. The Morgan fingerprint density at radius 2 is 2.15 bits per heavy atom. The van der Waals surface area contributed by atoms with Gasteiger partial charge in [0, 0.05) is 44.1 Å². The number of anilines is 1. The van der Waals surface area contributed by atoms with Gasteiger partial charge in [0.1, 0.15) is 0 Å². The minimum absolute atomic E-state index is 0.475. The van der Waals surface area contributed by atoms with Crippen LogP contribution in [-0.4, -0.2) is 56.4 Å². The number of piperidine rings is 1. The van der Waals surface area contributed by atoms with Crippen molar-refractivity contribution in [2.75, 3.05) is 25.0 Å². The summed E-state index contributed by atoms with van der Waals surface area (Å²) in [5, 5.41) is 23.0. The molecule has 1 aromatic heterocycles. The molecule has 0 radical (unpaired) electrons. The molecule has 0 bridgehead atoms. The molecule has 1 aromatic rings. The number of nitrogens with zero attached hydrogens (tertiary/aromatic N) is 3. The molecule has 2 heterocycles. The lowest BCUT2D eigenvalue weighted by Gasteiger charge is -2.39. The number of hydrogen-bond acceptors (Lipinski definition) is 6. The van der Waals surface area contributed by atoms with Crippen molar-refractivity contribution in [1.29, 1.82) is 0 Å². The first-order valence-corrected chi connectivity index (χ1v) is 7.19. The molecule has 0 amide bonds. The standard InChI is InChI=1S/C14H24N4O2/c1-3-5-15-13-16-7-11(8-17-13)9-18-6-4-14(2,20)12(19)10-18/h7-8,12,19-20H,3-6,9-10H2,1-2H3,(H,15,16,17)/t12-,14-/m0/s1. The van der Waals surface area contributed by atoms with E-state index in [1.165, 1.54) is 0 Å². The zero-order chi connectivity index (χ0) is 14.6. The number of likely N-dealkylation sites (tertiary alicyclic amines) is 1. The number of hydrogen-bond donors (Lipinski definition) is 3. The summed E-state index contributed by atoms with van der Waals surface area (Å²) < 4.78 is 0. The van der Waals surface area contributed by atoms with Gasteiger partial charge in [0.15, 0.2) is 0 Å². The second-order valence-electron chi connectivity index (χ2n) is 5.70. The van der Waals surface area contributed by atoms with Crippen LogP contribution in [0.3, 0.4) is 0 Å². The summed E-state index contributed by atoms with van der Waals surface area (Å²) >= 11 is 0. The van der Waals surface area contributed by atoms with Crippen LogP contribution in [0.25, 0.3) is 0 Å². The summed E-state index contributed by atoms with van der Waals surface area (Å²) in [6.07, 6.45) is 4.53. The van der Waals surface area contributed by atoms with Gasteiger partial charge in [-0.1, -0.05) is 6.92 Å². The van der Waals surface area contributed by atoms with E-state index in [1.807, 2.05) is 12.4 Å². The largest absolute Gasteiger partial charge is 0.389 e. The second-order valence-corrected chi connectivity index (χ2v) is 5.70. The van der Waals surface area contributed by atoms with Crippen molar-refractivity contribution in [2.45, 2.75) is 44.9 Å². The maximum atomic E-state index is 9.94. The van der Waals surface area contributed by atoms with Crippen molar-refractivity contribution < 1.29 is 10.2 Å². The van der Waals surface area contributed by atoms with Crippen LogP contribution in [0.15, 0.2) is 12.4 Å². The van der Waals surface area contributed by atoms with Crippen molar-refractivity contribution in [3.63, 3.8) is 0 Å². The van der Waals surface area contributed by atoms with Crippen LogP contribution < -0.4 is 5.32 Å². The van der Waals surface area contributed by atoms with Gasteiger partial charge in [-0.25, -0.2) is 9.97 Å². The molecule has 0 unspecified atom stereocenters. The highest BCUT2D eigenvalue weighted by atomic mass is 16.3. The zero-order valence-corrected chi connectivity index (χ0v) is 12.2. The molecule has 0 spiro atoms. The van der Waals surface area contributed by atoms with Crippen molar-refractivity contribution in [3.05, 3.63) is 18.0 Å². The predicted octanol–water partition coefficient (Wildman–Crippen LogP) is 0.616. The van der Waals surface area contributed by atoms with Gasteiger partial charge < -0.3 is 15.5 Å². The minimum atomic E-state index is -0.971. The van der Waals surface area contributed by atoms with Crippen LogP contribution in [0, 0.1) is 0 Å². The number of aromatic nitrogens is 2. The third-order valence-electron chi connectivity index (χ3n) is 3.73. The van der Waals surface area contributed by atoms with Crippen molar-refractivity contribution in [3.8, 4) is 0 Å². The summed E-state index contributed by atoms with van der Waals surface area (Å²) in [6.45, 7) is 6.58. The Bertz CT molecular complexity index is 422. The summed E-state index contributed by atoms with van der Waals surface area (Å²) in [5.74, 6) is 0.650. The fourth-order valence-electron chi connectivity index (χ4n) is 2.25. The minimum Gasteiger partial charge on any atom is -0.389 e. The van der Waals surface area contributed by atoms with Crippen LogP contribution in [0.1, 0.15) is 32.3 Å². The van der Waals surface area contributed by atoms with Crippen LogP contribution in [0.4, 0.5) is 5.95 Å². The lowest BCUT2D eigenvalue weighted by atomic mass is 9.90. The van der Waals surface area contributed by atoms with Crippen LogP contribution in [0.2, 0.25) is 0 Å². The first-order valence-electron chi connectivity index (χ1n) is 7.19. The van der Waals surface area contributed by atoms with Crippen molar-refractivity contribution >= 4 is 5.95 Å². The molecule has 0 aliphatic carbocycles. The van der Waals surface area contributed by atoms with Gasteiger partial charge in [-0.15, -0.1) is 0 Å². The molecule has 0 saturated carbocycles. The van der Waals surface area contributed by atoms with E-state index in [0.29, 0.717) is 25.5 Å². The summed E-state index contributed by atoms with van der Waals surface area (Å²) in [7, 11) is 0. The summed E-state index contributed by atoms with van der Waals surface area (Å²) in [4.78, 5) is 10.6. The Hall–Kier alpha value is -1.24. The van der Waals surface area contributed by atoms with Gasteiger partial charge in [0.2, 0.25) is 5.95 Å². The third-order valence-corrected chi connectivity index (χ3v) is 3.73. The molecule has 6 heteroatoms. The van der Waals surface area contributed by atoms with Crippen molar-refractivity contribution in [1.82, 2.24) is 14.9 Å². The molecule has 1 aliphatic heterocycles.